The number of nitrogens with one attached hydrogen (secondary N) is 2. The van der Waals surface area contributed by atoms with Gasteiger partial charge in [-0.15, -0.1) is 0 Å². The van der Waals surface area contributed by atoms with E-state index in [4.69, 9.17) is 125 Å². The van der Waals surface area contributed by atoms with E-state index in [0.717, 1.165) is 0 Å². The van der Waals surface area contributed by atoms with Crippen LogP contribution in [0.15, 0.2) is 0 Å². The lowest BCUT2D eigenvalue weighted by atomic mass is 10.1. The number of carbonyl (C=O) groups is 3. The first-order valence-electron chi connectivity index (χ1n) is 32.6. The molecule has 0 rings (SSSR count). The topological polar surface area (TPSA) is 369 Å². The Kier molecular flexibility index (Phi) is 78.5. The minimum absolute atomic E-state index is 0.00854. The van der Waals surface area contributed by atoms with Crippen LogP contribution < -0.4 is 22.1 Å². The third kappa shape index (κ3) is 78.1. The predicted octanol–water partition coefficient (Wildman–Crippen LogP) is -1.06. The monoisotopic (exact) mass is 1340 g/mol. The van der Waals surface area contributed by atoms with Crippen LogP contribution in [-0.4, -0.2) is 366 Å². The van der Waals surface area contributed by atoms with Crippen molar-refractivity contribution in [2.24, 2.45) is 11.5 Å². The van der Waals surface area contributed by atoms with Crippen molar-refractivity contribution >= 4 is 17.8 Å². The Morgan fingerprint density at radius 1 is 0.250 bits per heavy atom. The predicted molar refractivity (Wildman–Crippen MR) is 333 cm³/mol. The van der Waals surface area contributed by atoms with E-state index < -0.39 is 17.9 Å². The van der Waals surface area contributed by atoms with E-state index in [0.29, 0.717) is 330 Å². The molecule has 0 radical (unpaired) electrons. The maximum atomic E-state index is 12.4. The summed E-state index contributed by atoms with van der Waals surface area (Å²) in [5, 5.41) is 14.9. The minimum Gasteiger partial charge on any atom is -0.480 e. The lowest BCUT2D eigenvalue weighted by molar-refractivity contribution is -0.142. The summed E-state index contributed by atoms with van der Waals surface area (Å²) < 4.78 is 131. The lowest BCUT2D eigenvalue weighted by Crippen LogP contribution is -2.41. The molecule has 0 heterocycles. The first kappa shape index (κ1) is 89.4. The van der Waals surface area contributed by atoms with Crippen molar-refractivity contribution in [1.29, 1.82) is 0 Å². The highest BCUT2D eigenvalue weighted by Crippen LogP contribution is 2.03. The normalized spacial score (nSPS) is 11.9. The summed E-state index contributed by atoms with van der Waals surface area (Å²) in [5.74, 6) is -1.73. The van der Waals surface area contributed by atoms with Crippen LogP contribution in [-0.2, 0) is 128 Å². The van der Waals surface area contributed by atoms with Gasteiger partial charge in [-0.1, -0.05) is 0 Å². The summed E-state index contributed by atoms with van der Waals surface area (Å²) in [6, 6.07) is -1.04. The van der Waals surface area contributed by atoms with Gasteiger partial charge in [0.2, 0.25) is 11.8 Å². The Hall–Kier alpha value is -2.63. The molecule has 0 saturated heterocycles. The molecule has 92 heavy (non-hydrogen) atoms. The Balaban J connectivity index is 3.37. The zero-order valence-electron chi connectivity index (χ0n) is 55.3. The van der Waals surface area contributed by atoms with Crippen molar-refractivity contribution < 1.29 is 133 Å². The van der Waals surface area contributed by atoms with Crippen molar-refractivity contribution in [1.82, 2.24) is 10.6 Å². The number of nitrogens with two attached hydrogens (primary N) is 2. The summed E-state index contributed by atoms with van der Waals surface area (Å²) in [6.45, 7) is 22.9. The maximum Gasteiger partial charge on any atom is 0.326 e. The Morgan fingerprint density at radius 2 is 0.424 bits per heavy atom. The second-order valence-electron chi connectivity index (χ2n) is 19.1. The van der Waals surface area contributed by atoms with Gasteiger partial charge in [0, 0.05) is 32.5 Å². The second kappa shape index (κ2) is 80.8. The van der Waals surface area contributed by atoms with Gasteiger partial charge in [-0.2, -0.15) is 0 Å². The fourth-order valence-corrected chi connectivity index (χ4v) is 6.85. The number of carboxylic acids is 1. The quantitative estimate of drug-likeness (QED) is 0.0453. The van der Waals surface area contributed by atoms with Crippen LogP contribution >= 0.6 is 0 Å². The largest absolute Gasteiger partial charge is 0.480 e. The van der Waals surface area contributed by atoms with Crippen LogP contribution in [0.2, 0.25) is 0 Å². The average Bonchev–Trinajstić information content (AvgIpc) is 3.58. The lowest BCUT2D eigenvalue weighted by Gasteiger charge is -2.15. The fraction of sp³-hybridized carbons (Fsp3) is 0.950. The van der Waals surface area contributed by atoms with Gasteiger partial charge in [0.05, 0.1) is 317 Å². The number of hydrogen-bond donors (Lipinski definition) is 5. The highest BCUT2D eigenvalue weighted by molar-refractivity contribution is 5.83. The van der Waals surface area contributed by atoms with E-state index in [9.17, 15) is 19.5 Å². The molecule has 0 saturated carbocycles. The van der Waals surface area contributed by atoms with Crippen LogP contribution in [0.4, 0.5) is 0 Å². The number of amides is 2. The molecular formula is C60H120N4O28. The van der Waals surface area contributed by atoms with E-state index in [-0.39, 0.29) is 45.0 Å². The molecule has 7 N–H and O–H groups in total. The van der Waals surface area contributed by atoms with Gasteiger partial charge in [0.15, 0.2) is 0 Å². The van der Waals surface area contributed by atoms with Crippen LogP contribution in [0.1, 0.15) is 32.1 Å². The molecule has 0 spiro atoms. The third-order valence-electron chi connectivity index (χ3n) is 11.5. The number of hydrogen-bond acceptors (Lipinski definition) is 29. The highest BCUT2D eigenvalue weighted by Gasteiger charge is 2.19. The first-order chi connectivity index (χ1) is 45.5. The number of carbonyl (C=O) groups excluding carboxylic acids is 2. The zero-order chi connectivity index (χ0) is 66.3. The summed E-state index contributed by atoms with van der Waals surface area (Å²) >= 11 is 0. The molecule has 0 aliphatic carbocycles. The Morgan fingerprint density at radius 3 is 0.609 bits per heavy atom. The average molecular weight is 1350 g/mol. The van der Waals surface area contributed by atoms with Gasteiger partial charge in [0.25, 0.3) is 0 Å². The Bertz CT molecular complexity index is 1470. The number of rotatable bonds is 83. The number of carboxylic acid groups (broad SMARTS) is 1. The molecule has 1 atom stereocenters. The van der Waals surface area contributed by atoms with Crippen molar-refractivity contribution in [2.45, 2.75) is 38.1 Å². The molecule has 0 aromatic rings. The Labute approximate surface area is 546 Å². The number of unbranched alkanes of at least 4 members (excludes halogenated alkanes) is 1. The maximum absolute atomic E-state index is 12.4. The van der Waals surface area contributed by atoms with Gasteiger partial charge in [-0.05, 0) is 19.3 Å². The summed E-state index contributed by atoms with van der Waals surface area (Å²) in [5.41, 5.74) is 10.7. The van der Waals surface area contributed by atoms with E-state index in [1.807, 2.05) is 0 Å². The molecule has 0 aliphatic heterocycles. The van der Waals surface area contributed by atoms with E-state index in [1.165, 1.54) is 0 Å². The van der Waals surface area contributed by atoms with Crippen molar-refractivity contribution in [3.05, 3.63) is 0 Å². The van der Waals surface area contributed by atoms with E-state index in [2.05, 4.69) is 10.6 Å². The minimum atomic E-state index is -1.13. The molecule has 0 fully saturated rings. The van der Waals surface area contributed by atoms with Crippen LogP contribution in [0, 0.1) is 0 Å². The second-order valence-corrected chi connectivity index (χ2v) is 19.1. The standard InChI is InChI=1S/C60H120N4O28/c61-6-11-71-15-19-75-23-27-79-31-35-83-39-43-87-47-51-91-55-53-89-49-45-85-41-37-81-33-29-77-25-21-73-17-13-69-9-4-58(65)63-8-2-1-3-57(60(67)68)64-59(66)5-10-70-14-18-74-22-26-78-30-34-82-38-42-86-46-50-90-54-56-92-52-48-88-44-40-84-36-32-80-28-24-76-20-16-72-12-7-62/h57H,1-56,61-62H2,(H,63,65)(H,64,66)(H,67,68). The SMILES string of the molecule is NCCOCCOCCOCCOCCOCCOCCOCCOCCOCCOCCOCCOCCC(=O)NCCCCC(NC(=O)CCOCCOCCOCCOCCOCCOCCOCCOCCOCCOCCOCCOCCN)C(=O)O. The summed E-state index contributed by atoms with van der Waals surface area (Å²) in [4.78, 5) is 36.3. The highest BCUT2D eigenvalue weighted by atomic mass is 16.6. The summed E-state index contributed by atoms with van der Waals surface area (Å²) in [6.07, 6.45) is 1.46. The van der Waals surface area contributed by atoms with Crippen molar-refractivity contribution in [2.75, 3.05) is 337 Å². The van der Waals surface area contributed by atoms with Gasteiger partial charge < -0.3 is 141 Å². The molecule has 0 aromatic heterocycles. The zero-order valence-corrected chi connectivity index (χ0v) is 55.3. The molecule has 32 nitrogen and oxygen atoms in total. The molecule has 0 aliphatic rings. The summed E-state index contributed by atoms with van der Waals surface area (Å²) in [7, 11) is 0. The van der Waals surface area contributed by atoms with Crippen LogP contribution in [0.5, 0.6) is 0 Å². The number of ether oxygens (including phenoxy) is 24. The van der Waals surface area contributed by atoms with Crippen LogP contribution in [0.25, 0.3) is 0 Å². The smallest absolute Gasteiger partial charge is 0.326 e. The third-order valence-corrected chi connectivity index (χ3v) is 11.5. The van der Waals surface area contributed by atoms with Gasteiger partial charge in [-0.3, -0.25) is 9.59 Å². The van der Waals surface area contributed by atoms with Crippen LogP contribution in [0.3, 0.4) is 0 Å². The number of aliphatic carboxylic acids is 1. The van der Waals surface area contributed by atoms with Gasteiger partial charge in [-0.25, -0.2) is 4.79 Å². The molecule has 1 unspecified atom stereocenters. The van der Waals surface area contributed by atoms with Gasteiger partial charge in [0.1, 0.15) is 6.04 Å². The fourth-order valence-electron chi connectivity index (χ4n) is 6.85. The molecule has 2 amide bonds. The molecule has 0 aromatic carbocycles. The molecular weight excluding hydrogens is 1220 g/mol. The van der Waals surface area contributed by atoms with Gasteiger partial charge >= 0.3 is 5.97 Å². The van der Waals surface area contributed by atoms with Crippen molar-refractivity contribution in [3.8, 4) is 0 Å². The van der Waals surface area contributed by atoms with E-state index >= 15 is 0 Å². The molecule has 0 bridgehead atoms. The molecule has 548 valence electrons. The first-order valence-corrected chi connectivity index (χ1v) is 32.6. The van der Waals surface area contributed by atoms with E-state index in [1.54, 1.807) is 0 Å². The molecule has 32 heteroatoms. The van der Waals surface area contributed by atoms with Crippen molar-refractivity contribution in [3.63, 3.8) is 0 Å².